The van der Waals surface area contributed by atoms with Gasteiger partial charge in [-0.25, -0.2) is 13.4 Å². The molecule has 2 N–H and O–H groups in total. The Morgan fingerprint density at radius 1 is 1.26 bits per heavy atom. The second-order valence-corrected chi connectivity index (χ2v) is 9.33. The number of aromatic nitrogens is 5. The molecule has 0 saturated carbocycles. The van der Waals surface area contributed by atoms with Gasteiger partial charge in [0.2, 0.25) is 0 Å². The Balaban J connectivity index is 1.82. The molecule has 0 aliphatic heterocycles. The maximum Gasteiger partial charge on any atom is 0.253 e. The third-order valence-electron chi connectivity index (χ3n) is 5.08. The summed E-state index contributed by atoms with van der Waals surface area (Å²) in [5.41, 5.74) is 4.77. The molecular formula is C21H22N6O3S. The first-order valence-corrected chi connectivity index (χ1v) is 11.3. The maximum atomic E-state index is 12.2. The number of hydrogen-bond donors (Lipinski definition) is 2. The van der Waals surface area contributed by atoms with Crippen LogP contribution in [-0.2, 0) is 10.0 Å². The van der Waals surface area contributed by atoms with E-state index in [4.69, 9.17) is 0 Å². The number of pyridine rings is 2. The summed E-state index contributed by atoms with van der Waals surface area (Å²) >= 11 is 0. The van der Waals surface area contributed by atoms with Gasteiger partial charge in [0.05, 0.1) is 40.1 Å². The fraction of sp³-hybridized carbons (Fsp3) is 0.238. The Hall–Kier alpha value is -3.53. The molecule has 4 heterocycles. The molecule has 0 atom stereocenters. The summed E-state index contributed by atoms with van der Waals surface area (Å²) < 4.78 is 25.3. The number of nitrogens with zero attached hydrogens (tertiary/aromatic N) is 5. The normalized spacial score (nSPS) is 12.6. The molecular weight excluding hydrogens is 416 g/mol. The van der Waals surface area contributed by atoms with Crippen molar-refractivity contribution in [2.75, 3.05) is 5.75 Å². The number of aromatic hydroxyl groups is 1. The van der Waals surface area contributed by atoms with Gasteiger partial charge in [-0.15, -0.1) is 5.10 Å². The van der Waals surface area contributed by atoms with E-state index in [0.29, 0.717) is 22.5 Å². The SMILES string of the molecule is CCS(=O)(=O)n1nc(N=C(C)c2c(O)[nH]c3cnc(-c4cnccc4C)cc23)cc1C. The van der Waals surface area contributed by atoms with Gasteiger partial charge in [0.1, 0.15) is 0 Å². The van der Waals surface area contributed by atoms with Gasteiger partial charge in [-0.2, -0.15) is 4.09 Å². The van der Waals surface area contributed by atoms with Crippen LogP contribution in [0, 0.1) is 13.8 Å². The second kappa shape index (κ2) is 7.62. The van der Waals surface area contributed by atoms with Crippen LogP contribution in [0.4, 0.5) is 5.82 Å². The predicted octanol–water partition coefficient (Wildman–Crippen LogP) is 3.48. The summed E-state index contributed by atoms with van der Waals surface area (Å²) in [5, 5.41) is 15.4. The van der Waals surface area contributed by atoms with Gasteiger partial charge < -0.3 is 10.1 Å². The van der Waals surface area contributed by atoms with E-state index in [2.05, 4.69) is 25.0 Å². The monoisotopic (exact) mass is 438 g/mol. The lowest BCUT2D eigenvalue weighted by molar-refractivity contribution is 0.457. The number of fused-ring (bicyclic) bond motifs is 1. The van der Waals surface area contributed by atoms with E-state index in [-0.39, 0.29) is 17.5 Å². The Bertz CT molecular complexity index is 1430. The Morgan fingerprint density at radius 3 is 2.74 bits per heavy atom. The molecule has 4 aromatic rings. The van der Waals surface area contributed by atoms with Crippen molar-refractivity contribution in [3.8, 4) is 17.1 Å². The topological polar surface area (TPSA) is 126 Å². The lowest BCUT2D eigenvalue weighted by Gasteiger charge is -2.05. The number of H-pyrrole nitrogens is 1. The second-order valence-electron chi connectivity index (χ2n) is 7.24. The van der Waals surface area contributed by atoms with Gasteiger partial charge in [-0.3, -0.25) is 9.97 Å². The quantitative estimate of drug-likeness (QED) is 0.459. The highest BCUT2D eigenvalue weighted by Gasteiger charge is 2.18. The predicted molar refractivity (Wildman–Crippen MR) is 119 cm³/mol. The van der Waals surface area contributed by atoms with Crippen molar-refractivity contribution in [2.45, 2.75) is 27.7 Å². The summed E-state index contributed by atoms with van der Waals surface area (Å²) in [4.78, 5) is 16.0. The highest BCUT2D eigenvalue weighted by atomic mass is 32.2. The van der Waals surface area contributed by atoms with Crippen LogP contribution in [0.5, 0.6) is 5.88 Å². The molecule has 4 rings (SSSR count). The smallest absolute Gasteiger partial charge is 0.253 e. The zero-order valence-corrected chi connectivity index (χ0v) is 18.4. The van der Waals surface area contributed by atoms with Gasteiger partial charge in [-0.1, -0.05) is 0 Å². The Kier molecular flexibility index (Phi) is 5.10. The third kappa shape index (κ3) is 3.70. The van der Waals surface area contributed by atoms with Gasteiger partial charge >= 0.3 is 0 Å². The minimum absolute atomic E-state index is 0.0459. The number of aromatic amines is 1. The molecule has 0 aliphatic carbocycles. The minimum Gasteiger partial charge on any atom is -0.494 e. The van der Waals surface area contributed by atoms with Crippen molar-refractivity contribution >= 4 is 32.5 Å². The molecule has 0 unspecified atom stereocenters. The maximum absolute atomic E-state index is 12.2. The molecule has 0 aliphatic rings. The first-order chi connectivity index (χ1) is 14.7. The molecule has 31 heavy (non-hydrogen) atoms. The lowest BCUT2D eigenvalue weighted by Crippen LogP contribution is -2.17. The molecule has 0 aromatic carbocycles. The van der Waals surface area contributed by atoms with Crippen molar-refractivity contribution < 1.29 is 13.5 Å². The lowest BCUT2D eigenvalue weighted by atomic mass is 10.0. The number of rotatable bonds is 5. The first kappa shape index (κ1) is 20.7. The van der Waals surface area contributed by atoms with E-state index in [1.165, 1.54) is 0 Å². The number of hydrogen-bond acceptors (Lipinski definition) is 7. The zero-order chi connectivity index (χ0) is 22.3. The van der Waals surface area contributed by atoms with Crippen LogP contribution in [0.2, 0.25) is 0 Å². The minimum atomic E-state index is -3.51. The van der Waals surface area contributed by atoms with Crippen LogP contribution in [-0.4, -0.2) is 49.1 Å². The number of aryl methyl sites for hydroxylation is 2. The highest BCUT2D eigenvalue weighted by Crippen LogP contribution is 2.32. The summed E-state index contributed by atoms with van der Waals surface area (Å²) in [5.74, 6) is 0.137. The first-order valence-electron chi connectivity index (χ1n) is 9.68. The largest absolute Gasteiger partial charge is 0.494 e. The summed E-state index contributed by atoms with van der Waals surface area (Å²) in [6.45, 7) is 6.94. The van der Waals surface area contributed by atoms with Crippen LogP contribution < -0.4 is 0 Å². The molecule has 9 nitrogen and oxygen atoms in total. The molecule has 160 valence electrons. The average molecular weight is 439 g/mol. The van der Waals surface area contributed by atoms with Crippen LogP contribution in [0.15, 0.2) is 41.8 Å². The molecule has 0 radical (unpaired) electrons. The summed E-state index contributed by atoms with van der Waals surface area (Å²) in [6, 6.07) is 5.37. The molecule has 0 saturated heterocycles. The molecule has 0 amide bonds. The third-order valence-corrected chi connectivity index (χ3v) is 6.71. The van der Waals surface area contributed by atoms with E-state index >= 15 is 0 Å². The van der Waals surface area contributed by atoms with Gasteiger partial charge in [0, 0.05) is 29.4 Å². The fourth-order valence-electron chi connectivity index (χ4n) is 3.45. The summed E-state index contributed by atoms with van der Waals surface area (Å²) in [7, 11) is -3.51. The van der Waals surface area contributed by atoms with Crippen molar-refractivity contribution in [3.05, 3.63) is 53.6 Å². The van der Waals surface area contributed by atoms with Crippen LogP contribution >= 0.6 is 0 Å². The van der Waals surface area contributed by atoms with Crippen LogP contribution in [0.25, 0.3) is 22.2 Å². The van der Waals surface area contributed by atoms with Crippen molar-refractivity contribution in [1.82, 2.24) is 24.1 Å². The summed E-state index contributed by atoms with van der Waals surface area (Å²) in [6.07, 6.45) is 5.13. The van der Waals surface area contributed by atoms with Crippen molar-refractivity contribution in [1.29, 1.82) is 0 Å². The van der Waals surface area contributed by atoms with Crippen molar-refractivity contribution in [2.24, 2.45) is 4.99 Å². The van der Waals surface area contributed by atoms with Crippen LogP contribution in [0.1, 0.15) is 30.7 Å². The highest BCUT2D eigenvalue weighted by molar-refractivity contribution is 7.89. The van der Waals surface area contributed by atoms with Gasteiger partial charge in [-0.05, 0) is 45.4 Å². The molecule has 0 bridgehead atoms. The van der Waals surface area contributed by atoms with E-state index in [1.54, 1.807) is 45.4 Å². The Morgan fingerprint density at radius 2 is 2.03 bits per heavy atom. The number of nitrogens with one attached hydrogen (secondary N) is 1. The zero-order valence-electron chi connectivity index (χ0n) is 17.6. The van der Waals surface area contributed by atoms with Crippen molar-refractivity contribution in [3.63, 3.8) is 0 Å². The fourth-order valence-corrected chi connectivity index (χ4v) is 4.40. The molecule has 0 spiro atoms. The van der Waals surface area contributed by atoms with E-state index in [0.717, 1.165) is 26.3 Å². The van der Waals surface area contributed by atoms with Gasteiger partial charge in [0.15, 0.2) is 11.7 Å². The van der Waals surface area contributed by atoms with Crippen LogP contribution in [0.3, 0.4) is 0 Å². The number of aliphatic imine (C=N–C) groups is 1. The van der Waals surface area contributed by atoms with Gasteiger partial charge in [0.25, 0.3) is 10.0 Å². The van der Waals surface area contributed by atoms with E-state index in [1.807, 2.05) is 19.1 Å². The Labute approximate surface area is 179 Å². The standard InChI is InChI=1S/C21H22N6O3S/c1-5-31(29,30)27-13(3)8-19(26-27)24-14(4)20-15-9-17(16-10-22-7-6-12(16)2)23-11-18(15)25-21(20)28/h6-11,25,28H,5H2,1-4H3. The molecule has 4 aromatic heterocycles. The average Bonchev–Trinajstić information content (AvgIpc) is 3.26. The van der Waals surface area contributed by atoms with E-state index in [9.17, 15) is 13.5 Å². The van der Waals surface area contributed by atoms with E-state index < -0.39 is 10.0 Å². The molecule has 10 heteroatoms. The molecule has 0 fully saturated rings.